The molecule has 0 atom stereocenters. The van der Waals surface area contributed by atoms with Gasteiger partial charge in [-0.15, -0.1) is 0 Å². The number of anilines is 1. The highest BCUT2D eigenvalue weighted by Gasteiger charge is 2.20. The zero-order chi connectivity index (χ0) is 17.6. The molecule has 0 saturated heterocycles. The van der Waals surface area contributed by atoms with Gasteiger partial charge in [-0.05, 0) is 44.0 Å². The van der Waals surface area contributed by atoms with Crippen molar-refractivity contribution in [2.24, 2.45) is 0 Å². The Morgan fingerprint density at radius 3 is 2.36 bits per heavy atom. The van der Waals surface area contributed by atoms with Crippen LogP contribution in [0.3, 0.4) is 0 Å². The lowest BCUT2D eigenvalue weighted by Crippen LogP contribution is -2.02. The third-order valence-electron chi connectivity index (χ3n) is 4.89. The lowest BCUT2D eigenvalue weighted by molar-refractivity contribution is 1.01. The van der Waals surface area contributed by atoms with Gasteiger partial charge in [-0.2, -0.15) is 0 Å². The highest BCUT2D eigenvalue weighted by molar-refractivity contribution is 5.98. The van der Waals surface area contributed by atoms with E-state index in [-0.39, 0.29) is 0 Å². The molecular weight excluding hydrogens is 308 g/mol. The van der Waals surface area contributed by atoms with E-state index < -0.39 is 0 Å². The van der Waals surface area contributed by atoms with E-state index >= 15 is 0 Å². The molecule has 4 rings (SSSR count). The number of fused-ring (bicyclic) bond motifs is 1. The van der Waals surface area contributed by atoms with Crippen molar-refractivity contribution in [2.45, 2.75) is 20.8 Å². The number of hydrogen-bond donors (Lipinski definition) is 1. The van der Waals surface area contributed by atoms with Gasteiger partial charge < -0.3 is 5.73 Å². The van der Waals surface area contributed by atoms with Crippen LogP contribution in [0.1, 0.15) is 16.8 Å². The average molecular weight is 328 g/mol. The first-order valence-corrected chi connectivity index (χ1v) is 8.33. The number of hydrogen-bond acceptors (Lipinski definition) is 3. The topological polar surface area (TPSA) is 56.7 Å². The Hall–Kier alpha value is -3.14. The number of aromatic nitrogens is 3. The third-order valence-corrected chi connectivity index (χ3v) is 4.89. The molecule has 0 amide bonds. The van der Waals surface area contributed by atoms with Crippen molar-refractivity contribution in [1.82, 2.24) is 14.5 Å². The number of nitrogen functional groups attached to an aromatic ring is 1. The predicted octanol–water partition coefficient (Wildman–Crippen LogP) is 4.59. The minimum Gasteiger partial charge on any atom is -0.398 e. The highest BCUT2D eigenvalue weighted by atomic mass is 15.1. The summed E-state index contributed by atoms with van der Waals surface area (Å²) in [7, 11) is 0. The summed E-state index contributed by atoms with van der Waals surface area (Å²) in [4.78, 5) is 9.28. The molecule has 0 aliphatic rings. The van der Waals surface area contributed by atoms with E-state index in [0.29, 0.717) is 0 Å². The van der Waals surface area contributed by atoms with Crippen molar-refractivity contribution in [3.8, 4) is 16.9 Å². The molecule has 2 N–H and O–H groups in total. The summed E-state index contributed by atoms with van der Waals surface area (Å²) in [6.07, 6.45) is 3.63. The number of aryl methyl sites for hydroxylation is 1. The smallest absolute Gasteiger partial charge is 0.147 e. The van der Waals surface area contributed by atoms with Gasteiger partial charge in [0.15, 0.2) is 0 Å². The Morgan fingerprint density at radius 2 is 1.68 bits per heavy atom. The van der Waals surface area contributed by atoms with Gasteiger partial charge in [-0.3, -0.25) is 9.55 Å². The summed E-state index contributed by atoms with van der Waals surface area (Å²) >= 11 is 0. The van der Waals surface area contributed by atoms with Crippen LogP contribution in [-0.4, -0.2) is 14.5 Å². The molecule has 0 saturated carbocycles. The maximum absolute atomic E-state index is 6.55. The second-order valence-electron chi connectivity index (χ2n) is 6.32. The molecule has 0 radical (unpaired) electrons. The Balaban J connectivity index is 2.12. The molecule has 0 aliphatic heterocycles. The van der Waals surface area contributed by atoms with Crippen LogP contribution < -0.4 is 5.73 Å². The molecule has 0 fully saturated rings. The second kappa shape index (κ2) is 5.74. The van der Waals surface area contributed by atoms with Gasteiger partial charge in [-0.1, -0.05) is 30.3 Å². The maximum atomic E-state index is 6.55. The fourth-order valence-electron chi connectivity index (χ4n) is 3.40. The molecule has 3 heterocycles. The van der Waals surface area contributed by atoms with Gasteiger partial charge in [0, 0.05) is 28.5 Å². The second-order valence-corrected chi connectivity index (χ2v) is 6.32. The summed E-state index contributed by atoms with van der Waals surface area (Å²) in [6, 6.07) is 14.2. The van der Waals surface area contributed by atoms with Crippen molar-refractivity contribution in [1.29, 1.82) is 0 Å². The summed E-state index contributed by atoms with van der Waals surface area (Å²) < 4.78 is 2.14. The molecular formula is C21H20N4. The zero-order valence-corrected chi connectivity index (χ0v) is 14.6. The summed E-state index contributed by atoms with van der Waals surface area (Å²) in [5.41, 5.74) is 14.5. The summed E-state index contributed by atoms with van der Waals surface area (Å²) in [5.74, 6) is 0. The van der Waals surface area contributed by atoms with Gasteiger partial charge in [0.1, 0.15) is 5.65 Å². The van der Waals surface area contributed by atoms with E-state index in [1.54, 1.807) is 6.20 Å². The van der Waals surface area contributed by atoms with Crippen molar-refractivity contribution >= 4 is 16.7 Å². The molecule has 4 heteroatoms. The summed E-state index contributed by atoms with van der Waals surface area (Å²) in [5, 5.41) is 1.03. The first kappa shape index (κ1) is 15.4. The quantitative estimate of drug-likeness (QED) is 0.585. The number of pyridine rings is 2. The Labute approximate surface area is 147 Å². The minimum atomic E-state index is 0.798. The number of nitrogens with zero attached hydrogens (tertiary/aromatic N) is 3. The highest BCUT2D eigenvalue weighted by Crippen LogP contribution is 2.36. The van der Waals surface area contributed by atoms with E-state index in [1.165, 1.54) is 0 Å². The van der Waals surface area contributed by atoms with Crippen LogP contribution in [0, 0.1) is 20.8 Å². The normalized spacial score (nSPS) is 11.2. The third kappa shape index (κ3) is 2.30. The molecule has 0 spiro atoms. The number of benzene rings is 1. The fourth-order valence-corrected chi connectivity index (χ4v) is 3.40. The van der Waals surface area contributed by atoms with Crippen molar-refractivity contribution < 1.29 is 0 Å². The van der Waals surface area contributed by atoms with E-state index in [0.717, 1.165) is 50.5 Å². The maximum Gasteiger partial charge on any atom is 0.147 e. The van der Waals surface area contributed by atoms with Crippen LogP contribution in [0.4, 0.5) is 5.69 Å². The Morgan fingerprint density at radius 1 is 0.920 bits per heavy atom. The van der Waals surface area contributed by atoms with Crippen LogP contribution in [0.2, 0.25) is 0 Å². The molecule has 4 aromatic rings. The standard InChI is InChI=1S/C21H20N4/c1-13-15(3)25(17-10-7-11-23-12-17)21-18(13)19(22)14(2)20(24-21)16-8-5-4-6-9-16/h4-12H,1-3H3,(H2,22,24). The van der Waals surface area contributed by atoms with E-state index in [4.69, 9.17) is 10.7 Å². The van der Waals surface area contributed by atoms with Crippen LogP contribution in [0.5, 0.6) is 0 Å². The first-order valence-electron chi connectivity index (χ1n) is 8.33. The molecule has 0 bridgehead atoms. The van der Waals surface area contributed by atoms with Crippen molar-refractivity contribution in [3.63, 3.8) is 0 Å². The molecule has 25 heavy (non-hydrogen) atoms. The number of rotatable bonds is 2. The minimum absolute atomic E-state index is 0.798. The molecule has 3 aromatic heterocycles. The Bertz CT molecular complexity index is 1060. The largest absolute Gasteiger partial charge is 0.398 e. The van der Waals surface area contributed by atoms with Gasteiger partial charge in [-0.25, -0.2) is 4.98 Å². The van der Waals surface area contributed by atoms with E-state index in [9.17, 15) is 0 Å². The van der Waals surface area contributed by atoms with Crippen LogP contribution in [0.25, 0.3) is 28.0 Å². The molecule has 0 unspecified atom stereocenters. The van der Waals surface area contributed by atoms with Crippen molar-refractivity contribution in [2.75, 3.05) is 5.73 Å². The summed E-state index contributed by atoms with van der Waals surface area (Å²) in [6.45, 7) is 6.24. The number of nitrogens with two attached hydrogens (primary N) is 1. The SMILES string of the molecule is Cc1c(-c2ccccc2)nc2c(c(C)c(C)n2-c2cccnc2)c1N. The van der Waals surface area contributed by atoms with Crippen LogP contribution in [-0.2, 0) is 0 Å². The van der Waals surface area contributed by atoms with Crippen molar-refractivity contribution in [3.05, 3.63) is 71.7 Å². The molecule has 1 aromatic carbocycles. The first-order chi connectivity index (χ1) is 12.1. The predicted molar refractivity (Wildman–Crippen MR) is 103 cm³/mol. The molecule has 4 nitrogen and oxygen atoms in total. The van der Waals surface area contributed by atoms with Gasteiger partial charge in [0.2, 0.25) is 0 Å². The van der Waals surface area contributed by atoms with Crippen LogP contribution >= 0.6 is 0 Å². The average Bonchev–Trinajstić information content (AvgIpc) is 2.90. The fraction of sp³-hybridized carbons (Fsp3) is 0.143. The van der Waals surface area contributed by atoms with E-state index in [1.807, 2.05) is 43.5 Å². The van der Waals surface area contributed by atoms with Crippen LogP contribution in [0.15, 0.2) is 54.9 Å². The van der Waals surface area contributed by atoms with E-state index in [2.05, 4.69) is 35.5 Å². The lowest BCUT2D eigenvalue weighted by Gasteiger charge is -2.12. The van der Waals surface area contributed by atoms with Gasteiger partial charge >= 0.3 is 0 Å². The molecule has 0 aliphatic carbocycles. The lowest BCUT2D eigenvalue weighted by atomic mass is 10.0. The monoisotopic (exact) mass is 328 g/mol. The van der Waals surface area contributed by atoms with Gasteiger partial charge in [0.25, 0.3) is 0 Å². The van der Waals surface area contributed by atoms with Gasteiger partial charge in [0.05, 0.1) is 17.6 Å². The zero-order valence-electron chi connectivity index (χ0n) is 14.6. The molecule has 124 valence electrons. The Kier molecular flexibility index (Phi) is 3.53.